The van der Waals surface area contributed by atoms with Crippen molar-refractivity contribution >= 4 is 35.0 Å². The molecule has 2 heterocycles. The van der Waals surface area contributed by atoms with Gasteiger partial charge < -0.3 is 20.1 Å². The molecule has 174 valence electrons. The molecule has 5 rings (SSSR count). The van der Waals surface area contributed by atoms with Gasteiger partial charge in [0.05, 0.1) is 12.9 Å². The van der Waals surface area contributed by atoms with Crippen molar-refractivity contribution in [3.05, 3.63) is 46.5 Å². The normalized spacial score (nSPS) is 22.9. The zero-order valence-corrected chi connectivity index (χ0v) is 19.6. The van der Waals surface area contributed by atoms with E-state index in [1.54, 1.807) is 27.7 Å². The van der Waals surface area contributed by atoms with E-state index in [9.17, 15) is 14.4 Å². The zero-order valence-electron chi connectivity index (χ0n) is 18.9. The minimum atomic E-state index is -1.02. The van der Waals surface area contributed by atoms with Crippen LogP contribution in [0, 0.1) is 6.92 Å². The lowest BCUT2D eigenvalue weighted by molar-refractivity contribution is -0.134. The highest BCUT2D eigenvalue weighted by Crippen LogP contribution is 2.39. The second-order valence-electron chi connectivity index (χ2n) is 9.62. The summed E-state index contributed by atoms with van der Waals surface area (Å²) in [7, 11) is 0. The molecule has 1 aliphatic heterocycles. The van der Waals surface area contributed by atoms with E-state index in [4.69, 9.17) is 11.6 Å². The number of carbonyl (C=O) groups excluding carboxylic acids is 3. The summed E-state index contributed by atoms with van der Waals surface area (Å²) < 4.78 is 1.65. The van der Waals surface area contributed by atoms with Crippen LogP contribution in [0.15, 0.2) is 24.5 Å². The Morgan fingerprint density at radius 1 is 1.18 bits per heavy atom. The third-order valence-electron chi connectivity index (χ3n) is 7.01. The number of imidazole rings is 1. The number of aryl methyl sites for hydroxylation is 1. The van der Waals surface area contributed by atoms with Gasteiger partial charge in [0, 0.05) is 22.8 Å². The largest absolute Gasteiger partial charge is 0.351 e. The van der Waals surface area contributed by atoms with E-state index < -0.39 is 11.4 Å². The van der Waals surface area contributed by atoms with Crippen LogP contribution in [0.25, 0.3) is 0 Å². The van der Waals surface area contributed by atoms with Gasteiger partial charge in [-0.3, -0.25) is 14.4 Å². The summed E-state index contributed by atoms with van der Waals surface area (Å²) in [6.07, 6.45) is 7.39. The van der Waals surface area contributed by atoms with Gasteiger partial charge in [-0.25, -0.2) is 4.98 Å². The molecular formula is C24H28ClN5O3. The molecule has 1 aromatic heterocycles. The molecule has 2 aliphatic carbocycles. The predicted octanol–water partition coefficient (Wildman–Crippen LogP) is 3.53. The topological polar surface area (TPSA) is 96.3 Å². The summed E-state index contributed by atoms with van der Waals surface area (Å²) in [5.41, 5.74) is 0.699. The zero-order chi connectivity index (χ0) is 23.3. The fourth-order valence-corrected chi connectivity index (χ4v) is 5.31. The van der Waals surface area contributed by atoms with Crippen LogP contribution in [0.4, 0.5) is 5.69 Å². The molecular weight excluding hydrogens is 442 g/mol. The van der Waals surface area contributed by atoms with E-state index in [-0.39, 0.29) is 41.8 Å². The van der Waals surface area contributed by atoms with Gasteiger partial charge in [-0.05, 0) is 63.3 Å². The molecule has 2 saturated carbocycles. The van der Waals surface area contributed by atoms with Crippen LogP contribution in [0.2, 0.25) is 5.02 Å². The number of benzene rings is 1. The number of hydrogen-bond donors (Lipinski definition) is 2. The Labute approximate surface area is 197 Å². The van der Waals surface area contributed by atoms with Crippen molar-refractivity contribution in [2.24, 2.45) is 0 Å². The van der Waals surface area contributed by atoms with E-state index in [1.807, 2.05) is 13.8 Å². The first-order valence-corrected chi connectivity index (χ1v) is 11.9. The highest BCUT2D eigenvalue weighted by atomic mass is 35.5. The third kappa shape index (κ3) is 3.90. The van der Waals surface area contributed by atoms with Gasteiger partial charge in [0.1, 0.15) is 11.2 Å². The SMILES string of the molecule is Cc1cc(Cl)ccc1NC(=O)c1ncn2c1C(=O)N(C1CC1)[C@@](C)(C(=O)NC1CCCC1)C2. The fourth-order valence-electron chi connectivity index (χ4n) is 5.08. The first-order valence-electron chi connectivity index (χ1n) is 11.5. The molecule has 0 spiro atoms. The van der Waals surface area contributed by atoms with Crippen LogP contribution in [0.5, 0.6) is 0 Å². The second kappa shape index (κ2) is 8.17. The molecule has 0 radical (unpaired) electrons. The van der Waals surface area contributed by atoms with Gasteiger partial charge in [0.25, 0.3) is 11.8 Å². The van der Waals surface area contributed by atoms with Crippen LogP contribution < -0.4 is 10.6 Å². The number of rotatable bonds is 5. The Morgan fingerprint density at radius 2 is 1.91 bits per heavy atom. The highest BCUT2D eigenvalue weighted by Gasteiger charge is 2.54. The number of anilines is 1. The van der Waals surface area contributed by atoms with Crippen LogP contribution >= 0.6 is 11.6 Å². The Hall–Kier alpha value is -2.87. The standard InChI is InChI=1S/C24H28ClN5O3/c1-14-11-15(25)7-10-18(14)28-21(31)19-20-22(32)30(17-8-9-17)24(2,12-29(20)13-26-19)23(33)27-16-5-3-4-6-16/h7,10-11,13,16-17H,3-6,8-9,12H2,1-2H3,(H,27,33)(H,28,31)/t24-/m1/s1. The summed E-state index contributed by atoms with van der Waals surface area (Å²) in [5.74, 6) is -0.905. The number of nitrogens with zero attached hydrogens (tertiary/aromatic N) is 3. The summed E-state index contributed by atoms with van der Waals surface area (Å²) in [5, 5.41) is 6.59. The maximum Gasteiger partial charge on any atom is 0.276 e. The lowest BCUT2D eigenvalue weighted by Gasteiger charge is -2.44. The molecule has 0 saturated heterocycles. The van der Waals surface area contributed by atoms with Gasteiger partial charge >= 0.3 is 0 Å². The summed E-state index contributed by atoms with van der Waals surface area (Å²) in [4.78, 5) is 46.1. The average Bonchev–Trinajstić information content (AvgIpc) is 3.28. The molecule has 3 aliphatic rings. The fraction of sp³-hybridized carbons (Fsp3) is 0.500. The Balaban J connectivity index is 1.44. The molecule has 0 unspecified atom stereocenters. The highest BCUT2D eigenvalue weighted by molar-refractivity contribution is 6.30. The molecule has 2 N–H and O–H groups in total. The van der Waals surface area contributed by atoms with Crippen LogP contribution in [0.3, 0.4) is 0 Å². The Morgan fingerprint density at radius 3 is 2.58 bits per heavy atom. The lowest BCUT2D eigenvalue weighted by atomic mass is 9.93. The first kappa shape index (κ1) is 21.9. The van der Waals surface area contributed by atoms with Gasteiger partial charge in [0.2, 0.25) is 5.91 Å². The predicted molar refractivity (Wildman–Crippen MR) is 124 cm³/mol. The molecule has 8 nitrogen and oxygen atoms in total. The number of hydrogen-bond acceptors (Lipinski definition) is 4. The van der Waals surface area contributed by atoms with E-state index in [2.05, 4.69) is 15.6 Å². The van der Waals surface area contributed by atoms with Crippen molar-refractivity contribution in [1.29, 1.82) is 0 Å². The number of fused-ring (bicyclic) bond motifs is 1. The molecule has 0 bridgehead atoms. The van der Waals surface area contributed by atoms with E-state index >= 15 is 0 Å². The minimum absolute atomic E-state index is 0.00917. The average molecular weight is 470 g/mol. The number of halogens is 1. The number of carbonyl (C=O) groups is 3. The molecule has 1 atom stereocenters. The molecule has 3 amide bonds. The molecule has 9 heteroatoms. The van der Waals surface area contributed by atoms with Crippen molar-refractivity contribution in [1.82, 2.24) is 19.8 Å². The summed E-state index contributed by atoms with van der Waals surface area (Å²) in [6.45, 7) is 3.94. The monoisotopic (exact) mass is 469 g/mol. The number of amides is 3. The van der Waals surface area contributed by atoms with Crippen LogP contribution in [-0.2, 0) is 11.3 Å². The maximum atomic E-state index is 13.7. The molecule has 33 heavy (non-hydrogen) atoms. The van der Waals surface area contributed by atoms with Crippen molar-refractivity contribution in [3.8, 4) is 0 Å². The molecule has 1 aromatic carbocycles. The molecule has 2 fully saturated rings. The van der Waals surface area contributed by atoms with Gasteiger partial charge in [-0.2, -0.15) is 0 Å². The number of aromatic nitrogens is 2. The van der Waals surface area contributed by atoms with Gasteiger partial charge in [-0.1, -0.05) is 24.4 Å². The minimum Gasteiger partial charge on any atom is -0.351 e. The molecule has 2 aromatic rings. The van der Waals surface area contributed by atoms with Gasteiger partial charge in [-0.15, -0.1) is 0 Å². The second-order valence-corrected chi connectivity index (χ2v) is 10.1. The van der Waals surface area contributed by atoms with Crippen molar-refractivity contribution in [2.75, 3.05) is 5.32 Å². The Kier molecular flexibility index (Phi) is 5.43. The van der Waals surface area contributed by atoms with Crippen molar-refractivity contribution in [2.45, 2.75) is 76.5 Å². The van der Waals surface area contributed by atoms with Gasteiger partial charge in [0.15, 0.2) is 5.69 Å². The maximum absolute atomic E-state index is 13.7. The Bertz CT molecular complexity index is 1140. The van der Waals surface area contributed by atoms with Crippen LogP contribution in [0.1, 0.15) is 72.0 Å². The van der Waals surface area contributed by atoms with E-state index in [0.29, 0.717) is 10.7 Å². The third-order valence-corrected chi connectivity index (χ3v) is 7.25. The summed E-state index contributed by atoms with van der Waals surface area (Å²) in [6, 6.07) is 5.35. The van der Waals surface area contributed by atoms with E-state index in [0.717, 1.165) is 44.1 Å². The van der Waals surface area contributed by atoms with Crippen molar-refractivity contribution in [3.63, 3.8) is 0 Å². The lowest BCUT2D eigenvalue weighted by Crippen LogP contribution is -2.65. The van der Waals surface area contributed by atoms with E-state index in [1.165, 1.54) is 6.33 Å². The van der Waals surface area contributed by atoms with Crippen molar-refractivity contribution < 1.29 is 14.4 Å². The quantitative estimate of drug-likeness (QED) is 0.700. The smallest absolute Gasteiger partial charge is 0.276 e. The summed E-state index contributed by atoms with van der Waals surface area (Å²) >= 11 is 6.01. The van der Waals surface area contributed by atoms with Crippen LogP contribution in [-0.4, -0.2) is 49.8 Å². The first-order chi connectivity index (χ1) is 15.8. The number of nitrogens with one attached hydrogen (secondary N) is 2.